The SMILES string of the molecule is Cc1ccc(/N=C/c2ccc(COOc3ccc(Oc4ccc(C(=O)Oc5ccc(/C=N/c6ccc(C)cc6)cc5)cc4)cc3)cc2)cc1. The fourth-order valence-corrected chi connectivity index (χ4v) is 4.57. The Morgan fingerprint density at radius 1 is 0.531 bits per heavy atom. The van der Waals surface area contributed by atoms with Gasteiger partial charge in [0.1, 0.15) is 23.9 Å². The van der Waals surface area contributed by atoms with Crippen molar-refractivity contribution in [1.29, 1.82) is 0 Å². The maximum atomic E-state index is 12.7. The number of benzene rings is 6. The molecule has 0 spiro atoms. The van der Waals surface area contributed by atoms with E-state index in [9.17, 15) is 4.79 Å². The van der Waals surface area contributed by atoms with Crippen molar-refractivity contribution in [2.24, 2.45) is 9.98 Å². The van der Waals surface area contributed by atoms with Gasteiger partial charge in [0.2, 0.25) is 0 Å². The van der Waals surface area contributed by atoms with Crippen LogP contribution in [-0.4, -0.2) is 18.4 Å². The summed E-state index contributed by atoms with van der Waals surface area (Å²) in [6.45, 7) is 4.38. The van der Waals surface area contributed by atoms with Gasteiger partial charge in [-0.05, 0) is 128 Å². The van der Waals surface area contributed by atoms with E-state index in [-0.39, 0.29) is 6.61 Å². The molecule has 49 heavy (non-hydrogen) atoms. The topological polar surface area (TPSA) is 78.7 Å². The van der Waals surface area contributed by atoms with Crippen LogP contribution >= 0.6 is 0 Å². The Kier molecular flexibility index (Phi) is 10.6. The summed E-state index contributed by atoms with van der Waals surface area (Å²) in [6, 6.07) is 45.0. The first kappa shape index (κ1) is 32.6. The summed E-state index contributed by atoms with van der Waals surface area (Å²) in [6.07, 6.45) is 3.61. The number of carbonyl (C=O) groups is 1. The largest absolute Gasteiger partial charge is 0.457 e. The van der Waals surface area contributed by atoms with Crippen LogP contribution in [0.3, 0.4) is 0 Å². The number of hydrogen-bond donors (Lipinski definition) is 0. The smallest absolute Gasteiger partial charge is 0.343 e. The monoisotopic (exact) mass is 646 g/mol. The first-order valence-corrected chi connectivity index (χ1v) is 15.8. The molecule has 0 radical (unpaired) electrons. The Hall–Kier alpha value is -6.31. The van der Waals surface area contributed by atoms with E-state index in [2.05, 4.69) is 16.9 Å². The number of aliphatic imine (C=N–C) groups is 2. The number of ether oxygens (including phenoxy) is 2. The van der Waals surface area contributed by atoms with Gasteiger partial charge in [-0.3, -0.25) is 9.98 Å². The number of rotatable bonds is 12. The lowest BCUT2D eigenvalue weighted by atomic mass is 10.1. The summed E-state index contributed by atoms with van der Waals surface area (Å²) >= 11 is 0. The Balaban J connectivity index is 0.931. The van der Waals surface area contributed by atoms with Gasteiger partial charge in [0.25, 0.3) is 0 Å². The minimum Gasteiger partial charge on any atom is -0.457 e. The number of esters is 1. The van der Waals surface area contributed by atoms with E-state index in [0.29, 0.717) is 28.6 Å². The first-order valence-electron chi connectivity index (χ1n) is 15.8. The maximum Gasteiger partial charge on any atom is 0.343 e. The predicted octanol–water partition coefficient (Wildman–Crippen LogP) is 10.3. The summed E-state index contributed by atoms with van der Waals surface area (Å²) in [5, 5.41) is 0. The van der Waals surface area contributed by atoms with E-state index in [4.69, 9.17) is 19.2 Å². The zero-order valence-corrected chi connectivity index (χ0v) is 27.2. The molecule has 0 saturated carbocycles. The van der Waals surface area contributed by atoms with E-state index >= 15 is 0 Å². The molecule has 6 aromatic rings. The molecule has 242 valence electrons. The Labute approximate surface area is 285 Å². The molecule has 0 amide bonds. The van der Waals surface area contributed by atoms with Gasteiger partial charge in [0.15, 0.2) is 5.75 Å². The van der Waals surface area contributed by atoms with Crippen molar-refractivity contribution >= 4 is 29.8 Å². The van der Waals surface area contributed by atoms with Crippen molar-refractivity contribution in [2.45, 2.75) is 20.5 Å². The molecule has 0 N–H and O–H groups in total. The second-order valence-corrected chi connectivity index (χ2v) is 11.3. The van der Waals surface area contributed by atoms with Crippen LogP contribution in [0, 0.1) is 13.8 Å². The third kappa shape index (κ3) is 9.84. The fourth-order valence-electron chi connectivity index (χ4n) is 4.57. The highest BCUT2D eigenvalue weighted by Crippen LogP contribution is 2.25. The zero-order chi connectivity index (χ0) is 33.8. The van der Waals surface area contributed by atoms with Gasteiger partial charge in [-0.25, -0.2) is 4.79 Å². The molecule has 0 fully saturated rings. The second kappa shape index (κ2) is 16.0. The molecule has 0 bridgehead atoms. The van der Waals surface area contributed by atoms with Crippen molar-refractivity contribution in [3.8, 4) is 23.0 Å². The maximum absolute atomic E-state index is 12.7. The molecule has 6 rings (SSSR count). The van der Waals surface area contributed by atoms with Crippen molar-refractivity contribution in [1.82, 2.24) is 0 Å². The average molecular weight is 647 g/mol. The second-order valence-electron chi connectivity index (χ2n) is 11.3. The molecule has 0 aromatic heterocycles. The highest BCUT2D eigenvalue weighted by molar-refractivity contribution is 5.91. The molecule has 0 atom stereocenters. The minimum atomic E-state index is -0.461. The normalized spacial score (nSPS) is 11.1. The Morgan fingerprint density at radius 2 is 0.980 bits per heavy atom. The van der Waals surface area contributed by atoms with Gasteiger partial charge in [-0.2, -0.15) is 4.89 Å². The van der Waals surface area contributed by atoms with Gasteiger partial charge in [0.05, 0.1) is 16.9 Å². The highest BCUT2D eigenvalue weighted by atomic mass is 17.2. The lowest BCUT2D eigenvalue weighted by Gasteiger charge is -2.09. The van der Waals surface area contributed by atoms with Crippen molar-refractivity contribution in [3.63, 3.8) is 0 Å². The van der Waals surface area contributed by atoms with Crippen LogP contribution < -0.4 is 14.4 Å². The molecule has 0 aliphatic heterocycles. The highest BCUT2D eigenvalue weighted by Gasteiger charge is 2.09. The van der Waals surface area contributed by atoms with Gasteiger partial charge in [0, 0.05) is 12.4 Å². The number of nitrogens with zero attached hydrogens (tertiary/aromatic N) is 2. The lowest BCUT2D eigenvalue weighted by Crippen LogP contribution is -2.08. The zero-order valence-electron chi connectivity index (χ0n) is 27.2. The Bertz CT molecular complexity index is 2020. The third-order valence-corrected chi connectivity index (χ3v) is 7.39. The predicted molar refractivity (Wildman–Crippen MR) is 193 cm³/mol. The average Bonchev–Trinajstić information content (AvgIpc) is 3.13. The van der Waals surface area contributed by atoms with Crippen molar-refractivity contribution in [3.05, 3.63) is 179 Å². The van der Waals surface area contributed by atoms with E-state index in [1.807, 2.05) is 98.1 Å². The standard InChI is InChI=1S/C42H34N2O5/c1-30-3-15-36(16-4-30)43-27-32-7-9-34(10-8-32)29-46-49-41-25-23-39(24-26-41)47-38-21-13-35(14-22-38)42(45)48-40-19-11-33(12-20-40)28-44-37-17-5-31(2)6-18-37/h3-28H,29H2,1-2H3/b43-27+,44-28+. The molecule has 6 aromatic carbocycles. The van der Waals surface area contributed by atoms with Crippen molar-refractivity contribution in [2.75, 3.05) is 0 Å². The van der Waals surface area contributed by atoms with Gasteiger partial charge >= 0.3 is 5.97 Å². The van der Waals surface area contributed by atoms with E-state index in [0.717, 1.165) is 28.1 Å². The van der Waals surface area contributed by atoms with Crippen LogP contribution in [0.2, 0.25) is 0 Å². The van der Waals surface area contributed by atoms with E-state index in [1.165, 1.54) is 11.1 Å². The van der Waals surface area contributed by atoms with Gasteiger partial charge in [-0.15, -0.1) is 0 Å². The van der Waals surface area contributed by atoms with E-state index in [1.54, 1.807) is 66.9 Å². The van der Waals surface area contributed by atoms with Gasteiger partial charge < -0.3 is 14.4 Å². The van der Waals surface area contributed by atoms with Crippen LogP contribution in [0.25, 0.3) is 0 Å². The summed E-state index contributed by atoms with van der Waals surface area (Å²) in [5.41, 5.74) is 7.46. The molecule has 0 saturated heterocycles. The molecular weight excluding hydrogens is 612 g/mol. The van der Waals surface area contributed by atoms with Crippen LogP contribution in [0.5, 0.6) is 23.0 Å². The van der Waals surface area contributed by atoms with E-state index < -0.39 is 5.97 Å². The number of carbonyl (C=O) groups excluding carboxylic acids is 1. The van der Waals surface area contributed by atoms with Gasteiger partial charge in [-0.1, -0.05) is 59.7 Å². The van der Waals surface area contributed by atoms with Crippen LogP contribution in [0.1, 0.15) is 38.2 Å². The number of aryl methyl sites for hydroxylation is 2. The molecule has 0 aliphatic rings. The van der Waals surface area contributed by atoms with Crippen LogP contribution in [0.4, 0.5) is 11.4 Å². The van der Waals surface area contributed by atoms with Crippen molar-refractivity contribution < 1.29 is 24.0 Å². The molecule has 7 heteroatoms. The third-order valence-electron chi connectivity index (χ3n) is 7.39. The molecular formula is C42H34N2O5. The number of hydrogen-bond acceptors (Lipinski definition) is 7. The first-order chi connectivity index (χ1) is 23.9. The van der Waals surface area contributed by atoms with Crippen LogP contribution in [0.15, 0.2) is 156 Å². The summed E-state index contributed by atoms with van der Waals surface area (Å²) in [7, 11) is 0. The molecule has 7 nitrogen and oxygen atoms in total. The molecule has 0 aliphatic carbocycles. The minimum absolute atomic E-state index is 0.289. The lowest BCUT2D eigenvalue weighted by molar-refractivity contribution is -0.217. The quantitative estimate of drug-likeness (QED) is 0.0435. The van der Waals surface area contributed by atoms with Crippen LogP contribution in [-0.2, 0) is 11.5 Å². The molecule has 0 heterocycles. The molecule has 0 unspecified atom stereocenters. The summed E-state index contributed by atoms with van der Waals surface area (Å²) in [5.74, 6) is 1.71. The summed E-state index contributed by atoms with van der Waals surface area (Å²) < 4.78 is 11.5. The summed E-state index contributed by atoms with van der Waals surface area (Å²) in [4.78, 5) is 32.6. The fraction of sp³-hybridized carbons (Fsp3) is 0.0714. The Morgan fingerprint density at radius 3 is 1.51 bits per heavy atom.